The molecule has 0 aromatic carbocycles. The SMILES string of the molecule is CC/C=C/C=C/C=C/CCCCCCCC(=O)OC(COC(=O)CCCCCCCC/C=C/C/C=C/C/C=C/C/C=C/CC)CO[C@H]1O[C@@H](CO)[C@@H](O)C(O)C1O. The molecule has 1 aliphatic rings. The lowest BCUT2D eigenvalue weighted by Gasteiger charge is -2.39. The van der Waals surface area contributed by atoms with Gasteiger partial charge in [-0.25, -0.2) is 0 Å². The largest absolute Gasteiger partial charge is 0.462 e. The highest BCUT2D eigenvalue weighted by Crippen LogP contribution is 2.22. The molecule has 0 aliphatic carbocycles. The van der Waals surface area contributed by atoms with Crippen molar-refractivity contribution in [3.05, 3.63) is 85.1 Å². The van der Waals surface area contributed by atoms with E-state index in [1.54, 1.807) is 0 Å². The second-order valence-electron chi connectivity index (χ2n) is 14.4. The number of ether oxygens (including phenoxy) is 4. The van der Waals surface area contributed by atoms with Gasteiger partial charge in [0.15, 0.2) is 12.4 Å². The zero-order chi connectivity index (χ0) is 41.6. The number of allylic oxidation sites excluding steroid dienone is 14. The van der Waals surface area contributed by atoms with Crippen molar-refractivity contribution in [3.63, 3.8) is 0 Å². The van der Waals surface area contributed by atoms with E-state index >= 15 is 0 Å². The number of hydrogen-bond acceptors (Lipinski definition) is 10. The summed E-state index contributed by atoms with van der Waals surface area (Å²) < 4.78 is 22.1. The molecule has 10 nitrogen and oxygen atoms in total. The summed E-state index contributed by atoms with van der Waals surface area (Å²) >= 11 is 0. The van der Waals surface area contributed by atoms with Gasteiger partial charge in [0.05, 0.1) is 13.2 Å². The van der Waals surface area contributed by atoms with Crippen molar-refractivity contribution >= 4 is 11.9 Å². The fraction of sp³-hybridized carbons (Fsp3) is 0.660. The van der Waals surface area contributed by atoms with Crippen LogP contribution in [0.4, 0.5) is 0 Å². The van der Waals surface area contributed by atoms with Gasteiger partial charge in [-0.1, -0.05) is 144 Å². The predicted octanol–water partition coefficient (Wildman–Crippen LogP) is 8.99. The Labute approximate surface area is 344 Å². The monoisotopic (exact) mass is 801 g/mol. The third-order valence-corrected chi connectivity index (χ3v) is 9.34. The van der Waals surface area contributed by atoms with Gasteiger partial charge >= 0.3 is 11.9 Å². The Balaban J connectivity index is 2.36. The summed E-state index contributed by atoms with van der Waals surface area (Å²) in [6.07, 6.45) is 40.2. The molecule has 0 aromatic rings. The summed E-state index contributed by atoms with van der Waals surface area (Å²) in [4.78, 5) is 25.3. The highest BCUT2D eigenvalue weighted by atomic mass is 16.7. The maximum atomic E-state index is 12.7. The molecule has 57 heavy (non-hydrogen) atoms. The summed E-state index contributed by atoms with van der Waals surface area (Å²) in [6, 6.07) is 0. The molecule has 0 bridgehead atoms. The van der Waals surface area contributed by atoms with Crippen molar-refractivity contribution in [1.82, 2.24) is 0 Å². The molecular weight excluding hydrogens is 725 g/mol. The summed E-state index contributed by atoms with van der Waals surface area (Å²) in [7, 11) is 0. The van der Waals surface area contributed by atoms with Crippen molar-refractivity contribution < 1.29 is 49.0 Å². The van der Waals surface area contributed by atoms with Crippen LogP contribution in [0, 0.1) is 0 Å². The molecule has 324 valence electrons. The third kappa shape index (κ3) is 28.9. The van der Waals surface area contributed by atoms with Crippen molar-refractivity contribution in [1.29, 1.82) is 0 Å². The second-order valence-corrected chi connectivity index (χ2v) is 14.4. The van der Waals surface area contributed by atoms with Crippen LogP contribution in [-0.2, 0) is 28.5 Å². The molecule has 1 aliphatic heterocycles. The predicted molar refractivity (Wildman–Crippen MR) is 228 cm³/mol. The van der Waals surface area contributed by atoms with Crippen LogP contribution in [0.5, 0.6) is 0 Å². The van der Waals surface area contributed by atoms with Crippen molar-refractivity contribution in [3.8, 4) is 0 Å². The first-order valence-electron chi connectivity index (χ1n) is 21.7. The number of hydrogen-bond donors (Lipinski definition) is 4. The summed E-state index contributed by atoms with van der Waals surface area (Å²) in [5.41, 5.74) is 0. The van der Waals surface area contributed by atoms with Gasteiger partial charge < -0.3 is 39.4 Å². The minimum absolute atomic E-state index is 0.198. The van der Waals surface area contributed by atoms with E-state index in [0.29, 0.717) is 12.8 Å². The maximum absolute atomic E-state index is 12.7. The zero-order valence-corrected chi connectivity index (χ0v) is 35.0. The minimum atomic E-state index is -1.61. The summed E-state index contributed by atoms with van der Waals surface area (Å²) in [5, 5.41) is 40.0. The number of carbonyl (C=O) groups is 2. The Morgan fingerprint density at radius 2 is 1.07 bits per heavy atom. The van der Waals surface area contributed by atoms with Crippen LogP contribution in [-0.4, -0.2) is 89.0 Å². The number of rotatable bonds is 34. The van der Waals surface area contributed by atoms with Crippen LogP contribution in [0.25, 0.3) is 0 Å². The molecule has 1 saturated heterocycles. The maximum Gasteiger partial charge on any atom is 0.306 e. The van der Waals surface area contributed by atoms with E-state index in [9.17, 15) is 30.0 Å². The quantitative estimate of drug-likeness (QED) is 0.0215. The first-order chi connectivity index (χ1) is 27.8. The first kappa shape index (κ1) is 51.9. The zero-order valence-electron chi connectivity index (χ0n) is 35.0. The van der Waals surface area contributed by atoms with E-state index in [-0.39, 0.29) is 26.1 Å². The fourth-order valence-corrected chi connectivity index (χ4v) is 5.94. The molecule has 4 N–H and O–H groups in total. The lowest BCUT2D eigenvalue weighted by Crippen LogP contribution is -2.59. The summed E-state index contributed by atoms with van der Waals surface area (Å²) in [5.74, 6) is -0.857. The molecule has 0 saturated carbocycles. The second kappa shape index (κ2) is 37.2. The lowest BCUT2D eigenvalue weighted by atomic mass is 9.99. The van der Waals surface area contributed by atoms with Crippen LogP contribution in [0.15, 0.2) is 85.1 Å². The van der Waals surface area contributed by atoms with Crippen LogP contribution in [0.3, 0.4) is 0 Å². The first-order valence-corrected chi connectivity index (χ1v) is 21.7. The van der Waals surface area contributed by atoms with E-state index in [0.717, 1.165) is 103 Å². The molecule has 0 amide bonds. The van der Waals surface area contributed by atoms with Gasteiger partial charge in [-0.3, -0.25) is 9.59 Å². The molecule has 0 radical (unpaired) electrons. The number of aliphatic hydroxyl groups is 4. The van der Waals surface area contributed by atoms with Gasteiger partial charge in [0.1, 0.15) is 31.0 Å². The van der Waals surface area contributed by atoms with Crippen LogP contribution < -0.4 is 0 Å². The standard InChI is InChI=1S/C47H76O10/c1-3-5-7-9-11-13-15-17-18-19-20-21-22-24-25-27-29-31-33-35-42(49)54-38-40(39-55-47-46(53)45(52)44(51)41(37-48)57-47)56-43(50)36-34-32-30-28-26-23-16-14-12-10-8-6-4-2/h5-8,10-14,16-18,20-21,40-41,44-48,51-53H,3-4,9,15,19,22-39H2,1-2H3/b7-5+,8-6+,12-10+,13-11+,16-14+,18-17+,21-20+/t40?,41-,44+,45?,46?,47-/m0/s1. The van der Waals surface area contributed by atoms with Crippen molar-refractivity contribution in [2.24, 2.45) is 0 Å². The van der Waals surface area contributed by atoms with Crippen molar-refractivity contribution in [2.75, 3.05) is 19.8 Å². The normalized spacial score (nSPS) is 21.1. The van der Waals surface area contributed by atoms with Crippen LogP contribution in [0.1, 0.15) is 142 Å². The Hall–Kier alpha value is -3.12. The molecule has 1 rings (SSSR count). The molecule has 3 unspecified atom stereocenters. The molecular formula is C47H76O10. The molecule has 1 heterocycles. The smallest absolute Gasteiger partial charge is 0.306 e. The topological polar surface area (TPSA) is 152 Å². The number of unbranched alkanes of at least 4 members (excludes halogenated alkanes) is 11. The lowest BCUT2D eigenvalue weighted by molar-refractivity contribution is -0.305. The van der Waals surface area contributed by atoms with E-state index in [1.807, 2.05) is 18.2 Å². The van der Waals surface area contributed by atoms with Crippen LogP contribution >= 0.6 is 0 Å². The highest BCUT2D eigenvalue weighted by Gasteiger charge is 2.44. The Morgan fingerprint density at radius 1 is 0.561 bits per heavy atom. The Kier molecular flexibility index (Phi) is 33.8. The molecule has 1 fully saturated rings. The number of aliphatic hydroxyl groups excluding tert-OH is 4. The Bertz CT molecular complexity index is 1200. The fourth-order valence-electron chi connectivity index (χ4n) is 5.94. The average Bonchev–Trinajstić information content (AvgIpc) is 3.21. The number of esters is 2. The van der Waals surface area contributed by atoms with E-state index < -0.39 is 55.4 Å². The molecule has 0 aromatic heterocycles. The minimum Gasteiger partial charge on any atom is -0.462 e. The molecule has 0 spiro atoms. The third-order valence-electron chi connectivity index (χ3n) is 9.34. The highest BCUT2D eigenvalue weighted by molar-refractivity contribution is 5.70. The van der Waals surface area contributed by atoms with Gasteiger partial charge in [-0.05, 0) is 70.6 Å². The summed E-state index contributed by atoms with van der Waals surface area (Å²) in [6.45, 7) is 3.11. The average molecular weight is 801 g/mol. The van der Waals surface area contributed by atoms with Gasteiger partial charge in [-0.2, -0.15) is 0 Å². The van der Waals surface area contributed by atoms with Gasteiger partial charge in [0.25, 0.3) is 0 Å². The Morgan fingerprint density at radius 3 is 1.67 bits per heavy atom. The molecule has 6 atom stereocenters. The van der Waals surface area contributed by atoms with Crippen LogP contribution in [0.2, 0.25) is 0 Å². The van der Waals surface area contributed by atoms with E-state index in [4.69, 9.17) is 18.9 Å². The van der Waals surface area contributed by atoms with E-state index in [2.05, 4.69) is 80.7 Å². The van der Waals surface area contributed by atoms with E-state index in [1.165, 1.54) is 0 Å². The number of carbonyl (C=O) groups excluding carboxylic acids is 2. The molecule has 10 heteroatoms. The van der Waals surface area contributed by atoms with Gasteiger partial charge in [0.2, 0.25) is 0 Å². The van der Waals surface area contributed by atoms with Gasteiger partial charge in [0, 0.05) is 12.8 Å². The van der Waals surface area contributed by atoms with Gasteiger partial charge in [-0.15, -0.1) is 0 Å². The van der Waals surface area contributed by atoms with Crippen molar-refractivity contribution in [2.45, 2.75) is 179 Å².